The number of ether oxygens (including phenoxy) is 2. The Balaban J connectivity index is 2.34. The Morgan fingerprint density at radius 2 is 1.88 bits per heavy atom. The molecular formula is C12H23NO4. The van der Waals surface area contributed by atoms with Crippen LogP contribution in [0.25, 0.3) is 0 Å². The number of methoxy groups -OCH3 is 1. The third kappa shape index (κ3) is 4.91. The lowest BCUT2D eigenvalue weighted by Gasteiger charge is -2.35. The van der Waals surface area contributed by atoms with Crippen molar-refractivity contribution in [2.75, 3.05) is 7.11 Å². The van der Waals surface area contributed by atoms with Gasteiger partial charge in [-0.3, -0.25) is 0 Å². The molecule has 0 saturated heterocycles. The zero-order valence-electron chi connectivity index (χ0n) is 11.1. The highest BCUT2D eigenvalue weighted by molar-refractivity contribution is 5.68. The normalized spacial score (nSPS) is 29.8. The van der Waals surface area contributed by atoms with Gasteiger partial charge in [-0.15, -0.1) is 0 Å². The second-order valence-corrected chi connectivity index (χ2v) is 5.57. The van der Waals surface area contributed by atoms with Crippen LogP contribution in [0.15, 0.2) is 0 Å². The van der Waals surface area contributed by atoms with Crippen LogP contribution >= 0.6 is 0 Å². The summed E-state index contributed by atoms with van der Waals surface area (Å²) in [5, 5.41) is 12.7. The molecule has 1 aliphatic rings. The van der Waals surface area contributed by atoms with Crippen LogP contribution < -0.4 is 5.32 Å². The maximum Gasteiger partial charge on any atom is 0.407 e. The van der Waals surface area contributed by atoms with Crippen molar-refractivity contribution in [3.05, 3.63) is 0 Å². The summed E-state index contributed by atoms with van der Waals surface area (Å²) in [5.41, 5.74) is -0.480. The number of aliphatic hydroxyl groups is 1. The zero-order chi connectivity index (χ0) is 13.1. The van der Waals surface area contributed by atoms with E-state index in [2.05, 4.69) is 5.32 Å². The molecule has 1 rings (SSSR count). The van der Waals surface area contributed by atoms with Crippen molar-refractivity contribution in [2.45, 2.75) is 63.9 Å². The first-order chi connectivity index (χ1) is 7.74. The number of alkyl carbamates (subject to hydrolysis) is 1. The second-order valence-electron chi connectivity index (χ2n) is 5.57. The highest BCUT2D eigenvalue weighted by Gasteiger charge is 2.33. The first kappa shape index (κ1) is 14.3. The van der Waals surface area contributed by atoms with Gasteiger partial charge in [0.05, 0.1) is 0 Å². The van der Waals surface area contributed by atoms with Crippen LogP contribution in [-0.4, -0.2) is 35.7 Å². The van der Waals surface area contributed by atoms with Crippen molar-refractivity contribution in [2.24, 2.45) is 0 Å². The fourth-order valence-corrected chi connectivity index (χ4v) is 1.89. The van der Waals surface area contributed by atoms with Gasteiger partial charge in [-0.2, -0.15) is 0 Å². The molecule has 0 unspecified atom stereocenters. The zero-order valence-corrected chi connectivity index (χ0v) is 11.1. The van der Waals surface area contributed by atoms with E-state index >= 15 is 0 Å². The second kappa shape index (κ2) is 5.23. The van der Waals surface area contributed by atoms with Gasteiger partial charge >= 0.3 is 6.09 Å². The van der Waals surface area contributed by atoms with E-state index in [4.69, 9.17) is 9.47 Å². The van der Waals surface area contributed by atoms with Gasteiger partial charge < -0.3 is 19.9 Å². The van der Waals surface area contributed by atoms with Gasteiger partial charge in [0, 0.05) is 26.0 Å². The molecule has 0 heterocycles. The van der Waals surface area contributed by atoms with Crippen LogP contribution in [0.4, 0.5) is 4.79 Å². The molecule has 1 fully saturated rings. The van der Waals surface area contributed by atoms with Gasteiger partial charge in [0.2, 0.25) is 0 Å². The molecule has 1 amide bonds. The van der Waals surface area contributed by atoms with Crippen molar-refractivity contribution < 1.29 is 19.4 Å². The number of hydrogen-bond donors (Lipinski definition) is 2. The van der Waals surface area contributed by atoms with E-state index in [9.17, 15) is 9.90 Å². The highest BCUT2D eigenvalue weighted by atomic mass is 16.6. The minimum atomic E-state index is -1.02. The number of rotatable bonds is 2. The molecular weight excluding hydrogens is 222 g/mol. The third-order valence-electron chi connectivity index (χ3n) is 2.87. The third-order valence-corrected chi connectivity index (χ3v) is 2.87. The Kier molecular flexibility index (Phi) is 4.38. The van der Waals surface area contributed by atoms with E-state index < -0.39 is 17.5 Å². The minimum Gasteiger partial charge on any atom is -0.444 e. The maximum atomic E-state index is 11.5. The summed E-state index contributed by atoms with van der Waals surface area (Å²) in [4.78, 5) is 11.5. The summed E-state index contributed by atoms with van der Waals surface area (Å²) in [6.45, 7) is 5.49. The van der Waals surface area contributed by atoms with E-state index in [1.165, 1.54) is 7.11 Å². The molecule has 100 valence electrons. The molecule has 0 aliphatic heterocycles. The summed E-state index contributed by atoms with van der Waals surface area (Å²) >= 11 is 0. The van der Waals surface area contributed by atoms with Crippen LogP contribution in [0.2, 0.25) is 0 Å². The lowest BCUT2D eigenvalue weighted by molar-refractivity contribution is -0.205. The van der Waals surface area contributed by atoms with Gasteiger partial charge in [0.1, 0.15) is 5.60 Å². The first-order valence-corrected chi connectivity index (χ1v) is 6.01. The first-order valence-electron chi connectivity index (χ1n) is 6.01. The monoisotopic (exact) mass is 245 g/mol. The molecule has 1 saturated carbocycles. The van der Waals surface area contributed by atoms with E-state index in [0.717, 1.165) is 0 Å². The summed E-state index contributed by atoms with van der Waals surface area (Å²) in [6.07, 6.45) is 2.06. The van der Waals surface area contributed by atoms with Crippen LogP contribution in [0.1, 0.15) is 46.5 Å². The average molecular weight is 245 g/mol. The van der Waals surface area contributed by atoms with E-state index in [-0.39, 0.29) is 6.04 Å². The number of hydrogen-bond acceptors (Lipinski definition) is 4. The Hall–Kier alpha value is -0.810. The molecule has 17 heavy (non-hydrogen) atoms. The molecule has 0 radical (unpaired) electrons. The molecule has 0 spiro atoms. The standard InChI is InChI=1S/C12H23NO4/c1-11(2,3)17-10(14)13-9-5-7-12(15,16-4)8-6-9/h9,15H,5-8H2,1-4H3,(H,13,14). The van der Waals surface area contributed by atoms with Crippen LogP contribution in [0.5, 0.6) is 0 Å². The smallest absolute Gasteiger partial charge is 0.407 e. The molecule has 1 aliphatic carbocycles. The average Bonchev–Trinajstić information content (AvgIpc) is 2.19. The van der Waals surface area contributed by atoms with Crippen molar-refractivity contribution in [3.8, 4) is 0 Å². The number of nitrogens with one attached hydrogen (secondary N) is 1. The maximum absolute atomic E-state index is 11.5. The predicted molar refractivity (Wildman–Crippen MR) is 63.6 cm³/mol. The molecule has 5 nitrogen and oxygen atoms in total. The van der Waals surface area contributed by atoms with E-state index in [0.29, 0.717) is 25.7 Å². The molecule has 0 atom stereocenters. The topological polar surface area (TPSA) is 67.8 Å². The van der Waals surface area contributed by atoms with Crippen molar-refractivity contribution in [1.29, 1.82) is 0 Å². The fraction of sp³-hybridized carbons (Fsp3) is 0.917. The summed E-state index contributed by atoms with van der Waals surface area (Å²) in [5.74, 6) is -1.02. The van der Waals surface area contributed by atoms with Crippen molar-refractivity contribution in [1.82, 2.24) is 5.32 Å². The molecule has 5 heteroatoms. The van der Waals surface area contributed by atoms with Crippen molar-refractivity contribution >= 4 is 6.09 Å². The van der Waals surface area contributed by atoms with Crippen LogP contribution in [0.3, 0.4) is 0 Å². The lowest BCUT2D eigenvalue weighted by atomic mass is 9.90. The SMILES string of the molecule is COC1(O)CCC(NC(=O)OC(C)(C)C)CC1. The largest absolute Gasteiger partial charge is 0.444 e. The Bertz CT molecular complexity index is 264. The summed E-state index contributed by atoms with van der Waals surface area (Å²) in [6, 6.07) is 0.0558. The van der Waals surface area contributed by atoms with Crippen LogP contribution in [0, 0.1) is 0 Å². The van der Waals surface area contributed by atoms with E-state index in [1.807, 2.05) is 20.8 Å². The minimum absolute atomic E-state index is 0.0558. The molecule has 0 aromatic rings. The molecule has 0 bridgehead atoms. The summed E-state index contributed by atoms with van der Waals surface area (Å²) in [7, 11) is 1.50. The van der Waals surface area contributed by atoms with Gasteiger partial charge in [-0.25, -0.2) is 4.79 Å². The number of amides is 1. The van der Waals surface area contributed by atoms with Gasteiger partial charge in [-0.1, -0.05) is 0 Å². The van der Waals surface area contributed by atoms with Gasteiger partial charge in [-0.05, 0) is 33.6 Å². The Labute approximate surface area is 102 Å². The Morgan fingerprint density at radius 3 is 2.29 bits per heavy atom. The molecule has 0 aromatic heterocycles. The quantitative estimate of drug-likeness (QED) is 0.728. The summed E-state index contributed by atoms with van der Waals surface area (Å²) < 4.78 is 10.2. The number of carbonyl (C=O) groups is 1. The van der Waals surface area contributed by atoms with Crippen molar-refractivity contribution in [3.63, 3.8) is 0 Å². The van der Waals surface area contributed by atoms with Gasteiger partial charge in [0.25, 0.3) is 0 Å². The van der Waals surface area contributed by atoms with Crippen LogP contribution in [-0.2, 0) is 9.47 Å². The predicted octanol–water partition coefficient (Wildman–Crippen LogP) is 1.79. The highest BCUT2D eigenvalue weighted by Crippen LogP contribution is 2.28. The number of carbonyl (C=O) groups excluding carboxylic acids is 1. The molecule has 0 aromatic carbocycles. The van der Waals surface area contributed by atoms with E-state index in [1.54, 1.807) is 0 Å². The fourth-order valence-electron chi connectivity index (χ4n) is 1.89. The lowest BCUT2D eigenvalue weighted by Crippen LogP contribution is -2.45. The van der Waals surface area contributed by atoms with Gasteiger partial charge in [0.15, 0.2) is 5.79 Å². The molecule has 2 N–H and O–H groups in total. The Morgan fingerprint density at radius 1 is 1.35 bits per heavy atom.